The third-order valence-corrected chi connectivity index (χ3v) is 2.86. The maximum Gasteiger partial charge on any atom is 0.330 e. The molecular weight excluding hydrogens is 186 g/mol. The van der Waals surface area contributed by atoms with Crippen LogP contribution in [0.2, 0.25) is 0 Å². The second-order valence-corrected chi connectivity index (χ2v) is 4.15. The van der Waals surface area contributed by atoms with Crippen molar-refractivity contribution >= 4 is 17.7 Å². The second-order valence-electron chi connectivity index (χ2n) is 3.07. The second kappa shape index (κ2) is 6.97. The highest BCUT2D eigenvalue weighted by Crippen LogP contribution is 2.08. The summed E-state index contributed by atoms with van der Waals surface area (Å²) in [6.45, 7) is 4.38. The molecule has 4 heteroatoms. The smallest absolute Gasteiger partial charge is 0.330 e. The molecule has 0 saturated carbocycles. The van der Waals surface area contributed by atoms with Crippen LogP contribution in [-0.4, -0.2) is 29.1 Å². The van der Waals surface area contributed by atoms with Crippen LogP contribution in [0.15, 0.2) is 11.6 Å². The Morgan fingerprint density at radius 1 is 1.69 bits per heavy atom. The zero-order valence-electron chi connectivity index (χ0n) is 8.12. The molecule has 0 bridgehead atoms. The molecule has 0 aliphatic rings. The largest absolute Gasteiger partial charge is 0.478 e. The predicted molar refractivity (Wildman–Crippen MR) is 56.9 cm³/mol. The zero-order chi connectivity index (χ0) is 10.3. The van der Waals surface area contributed by atoms with Crippen molar-refractivity contribution in [2.24, 2.45) is 11.7 Å². The van der Waals surface area contributed by atoms with Gasteiger partial charge in [-0.15, -0.1) is 0 Å². The van der Waals surface area contributed by atoms with Gasteiger partial charge in [0.15, 0.2) is 0 Å². The van der Waals surface area contributed by atoms with Gasteiger partial charge in [-0.1, -0.05) is 13.0 Å². The van der Waals surface area contributed by atoms with Crippen LogP contribution in [0.3, 0.4) is 0 Å². The molecular formula is C9H17NO2S. The van der Waals surface area contributed by atoms with Crippen LogP contribution >= 0.6 is 11.8 Å². The number of aliphatic carboxylic acids is 1. The van der Waals surface area contributed by atoms with Crippen molar-refractivity contribution < 1.29 is 9.90 Å². The molecule has 0 aliphatic carbocycles. The van der Waals surface area contributed by atoms with Crippen LogP contribution in [0.1, 0.15) is 13.8 Å². The lowest BCUT2D eigenvalue weighted by Gasteiger charge is -2.05. The summed E-state index contributed by atoms with van der Waals surface area (Å²) in [5.41, 5.74) is 5.85. The van der Waals surface area contributed by atoms with E-state index in [1.807, 2.05) is 0 Å². The van der Waals surface area contributed by atoms with E-state index in [1.54, 1.807) is 24.8 Å². The summed E-state index contributed by atoms with van der Waals surface area (Å²) >= 11 is 1.71. The first-order chi connectivity index (χ1) is 6.07. The highest BCUT2D eigenvalue weighted by atomic mass is 32.2. The Morgan fingerprint density at radius 2 is 2.31 bits per heavy atom. The molecule has 0 aromatic rings. The van der Waals surface area contributed by atoms with Gasteiger partial charge in [-0.3, -0.25) is 0 Å². The molecule has 13 heavy (non-hydrogen) atoms. The molecule has 0 aliphatic heterocycles. The van der Waals surface area contributed by atoms with Gasteiger partial charge >= 0.3 is 5.97 Å². The number of carbonyl (C=O) groups is 1. The van der Waals surface area contributed by atoms with Crippen molar-refractivity contribution in [3.05, 3.63) is 11.6 Å². The van der Waals surface area contributed by atoms with Gasteiger partial charge in [0.25, 0.3) is 0 Å². The van der Waals surface area contributed by atoms with Gasteiger partial charge in [0.05, 0.1) is 0 Å². The van der Waals surface area contributed by atoms with Crippen molar-refractivity contribution in [2.45, 2.75) is 13.8 Å². The molecule has 0 aromatic heterocycles. The third kappa shape index (κ3) is 6.66. The minimum atomic E-state index is -0.840. The van der Waals surface area contributed by atoms with Crippen LogP contribution in [0.5, 0.6) is 0 Å². The van der Waals surface area contributed by atoms with Crippen molar-refractivity contribution in [1.29, 1.82) is 0 Å². The van der Waals surface area contributed by atoms with Crippen LogP contribution < -0.4 is 5.73 Å². The topological polar surface area (TPSA) is 63.3 Å². The maximum absolute atomic E-state index is 10.4. The normalized spacial score (nSPS) is 14.2. The van der Waals surface area contributed by atoms with Crippen molar-refractivity contribution in [3.63, 3.8) is 0 Å². The van der Waals surface area contributed by atoms with Gasteiger partial charge in [-0.25, -0.2) is 4.79 Å². The van der Waals surface area contributed by atoms with E-state index >= 15 is 0 Å². The summed E-state index contributed by atoms with van der Waals surface area (Å²) in [6.07, 6.45) is 1.73. The van der Waals surface area contributed by atoms with Gasteiger partial charge in [0, 0.05) is 11.3 Å². The lowest BCUT2D eigenvalue weighted by Crippen LogP contribution is -2.12. The average molecular weight is 203 g/mol. The highest BCUT2D eigenvalue weighted by molar-refractivity contribution is 7.99. The van der Waals surface area contributed by atoms with Crippen LogP contribution in [0, 0.1) is 5.92 Å². The van der Waals surface area contributed by atoms with Gasteiger partial charge in [-0.05, 0) is 25.1 Å². The summed E-state index contributed by atoms with van der Waals surface area (Å²) < 4.78 is 0. The van der Waals surface area contributed by atoms with E-state index < -0.39 is 5.97 Å². The lowest BCUT2D eigenvalue weighted by molar-refractivity contribution is -0.132. The summed E-state index contributed by atoms with van der Waals surface area (Å²) in [6, 6.07) is 0. The summed E-state index contributed by atoms with van der Waals surface area (Å²) in [4.78, 5) is 10.4. The summed E-state index contributed by atoms with van der Waals surface area (Å²) in [7, 11) is 0. The lowest BCUT2D eigenvalue weighted by atomic mass is 10.2. The molecule has 0 amide bonds. The van der Waals surface area contributed by atoms with Crippen LogP contribution in [0.25, 0.3) is 0 Å². The fourth-order valence-electron chi connectivity index (χ4n) is 0.609. The molecule has 3 N–H and O–H groups in total. The molecule has 0 saturated heterocycles. The molecule has 0 aromatic carbocycles. The average Bonchev–Trinajstić information content (AvgIpc) is 2.11. The van der Waals surface area contributed by atoms with Crippen LogP contribution in [-0.2, 0) is 4.79 Å². The van der Waals surface area contributed by atoms with Gasteiger partial charge < -0.3 is 10.8 Å². The van der Waals surface area contributed by atoms with Crippen LogP contribution in [0.4, 0.5) is 0 Å². The van der Waals surface area contributed by atoms with Gasteiger partial charge in [-0.2, -0.15) is 11.8 Å². The Bertz CT molecular complexity index is 192. The van der Waals surface area contributed by atoms with Crippen molar-refractivity contribution in [3.8, 4) is 0 Å². The predicted octanol–water partition coefficient (Wildman–Crippen LogP) is 1.35. The summed E-state index contributed by atoms with van der Waals surface area (Å²) in [5.74, 6) is 1.40. The Balaban J connectivity index is 3.55. The first-order valence-corrected chi connectivity index (χ1v) is 5.41. The number of rotatable bonds is 6. The van der Waals surface area contributed by atoms with E-state index in [2.05, 4.69) is 6.92 Å². The minimum Gasteiger partial charge on any atom is -0.478 e. The molecule has 3 nitrogen and oxygen atoms in total. The van der Waals surface area contributed by atoms with E-state index in [9.17, 15) is 4.79 Å². The first-order valence-electron chi connectivity index (χ1n) is 4.25. The number of hydrogen-bond acceptors (Lipinski definition) is 3. The number of carboxylic acid groups (broad SMARTS) is 1. The quantitative estimate of drug-likeness (QED) is 0.505. The molecule has 1 atom stereocenters. The molecule has 0 radical (unpaired) electrons. The Kier molecular flexibility index (Phi) is 6.72. The zero-order valence-corrected chi connectivity index (χ0v) is 8.93. The fraction of sp³-hybridized carbons (Fsp3) is 0.667. The minimum absolute atomic E-state index is 0.410. The molecule has 0 heterocycles. The number of hydrogen-bond donors (Lipinski definition) is 2. The fourth-order valence-corrected chi connectivity index (χ4v) is 1.65. The van der Waals surface area contributed by atoms with E-state index in [1.165, 1.54) is 0 Å². The standard InChI is InChI=1S/C9H17NO2S/c1-7(5-10)6-13-4-3-8(2)9(11)12/h3,7H,4-6,10H2,1-2H3,(H,11,12). The Labute approximate surface area is 83.4 Å². The molecule has 1 unspecified atom stereocenters. The van der Waals surface area contributed by atoms with Crippen molar-refractivity contribution in [1.82, 2.24) is 0 Å². The first kappa shape index (κ1) is 12.5. The van der Waals surface area contributed by atoms with E-state index in [0.717, 1.165) is 11.5 Å². The summed E-state index contributed by atoms with van der Waals surface area (Å²) in [5, 5.41) is 8.54. The van der Waals surface area contributed by atoms with E-state index in [4.69, 9.17) is 10.8 Å². The van der Waals surface area contributed by atoms with Gasteiger partial charge in [0.1, 0.15) is 0 Å². The highest BCUT2D eigenvalue weighted by Gasteiger charge is 2.00. The number of nitrogens with two attached hydrogens (primary N) is 1. The molecule has 76 valence electrons. The van der Waals surface area contributed by atoms with E-state index in [-0.39, 0.29) is 0 Å². The maximum atomic E-state index is 10.4. The Morgan fingerprint density at radius 3 is 2.77 bits per heavy atom. The Hall–Kier alpha value is -0.480. The van der Waals surface area contributed by atoms with E-state index in [0.29, 0.717) is 18.0 Å². The number of thioether (sulfide) groups is 1. The SMILES string of the molecule is CC(=CCSCC(C)CN)C(=O)O. The van der Waals surface area contributed by atoms with Crippen molar-refractivity contribution in [2.75, 3.05) is 18.1 Å². The van der Waals surface area contributed by atoms with Gasteiger partial charge in [0.2, 0.25) is 0 Å². The molecule has 0 fully saturated rings. The third-order valence-electron chi connectivity index (χ3n) is 1.65. The molecule has 0 rings (SSSR count). The molecule has 0 spiro atoms. The number of carboxylic acids is 1. The monoisotopic (exact) mass is 203 g/mol.